The molecule has 0 saturated heterocycles. The largest absolute Gasteiger partial charge is 0.466 e. The fourth-order valence-electron chi connectivity index (χ4n) is 7.30. The van der Waals surface area contributed by atoms with Crippen LogP contribution in [0, 0.1) is 5.92 Å². The van der Waals surface area contributed by atoms with Gasteiger partial charge in [-0.3, -0.25) is 9.59 Å². The van der Waals surface area contributed by atoms with Crippen molar-refractivity contribution in [2.75, 3.05) is 6.61 Å². The molecule has 50 heavy (non-hydrogen) atoms. The van der Waals surface area contributed by atoms with Crippen LogP contribution in [-0.4, -0.2) is 30.7 Å². The zero-order chi connectivity index (χ0) is 36.8. The number of ether oxygens (including phenoxy) is 2. The molecule has 0 aromatic heterocycles. The maximum atomic E-state index is 12.5. The fraction of sp³-hybridized carbons (Fsp3) is 0.956. The van der Waals surface area contributed by atoms with E-state index in [1.54, 1.807) is 0 Å². The van der Waals surface area contributed by atoms with Gasteiger partial charge in [0.1, 0.15) is 6.10 Å². The molecular weight excluding hydrogens is 618 g/mol. The summed E-state index contributed by atoms with van der Waals surface area (Å²) < 4.78 is 11.6. The van der Waals surface area contributed by atoms with Crippen LogP contribution in [0.1, 0.15) is 252 Å². The summed E-state index contributed by atoms with van der Waals surface area (Å²) in [6.45, 7) is 9.61. The van der Waals surface area contributed by atoms with Gasteiger partial charge < -0.3 is 15.2 Å². The Morgan fingerprint density at radius 3 is 1.32 bits per heavy atom. The normalized spacial score (nSPS) is 13.3. The number of rotatable bonds is 40. The van der Waals surface area contributed by atoms with Crippen LogP contribution in [0.4, 0.5) is 0 Å². The minimum atomic E-state index is -0.00632. The van der Waals surface area contributed by atoms with E-state index >= 15 is 0 Å². The first-order chi connectivity index (χ1) is 24.5. The highest BCUT2D eigenvalue weighted by molar-refractivity contribution is 5.69. The second kappa shape index (κ2) is 39.1. The molecule has 0 amide bonds. The number of esters is 2. The summed E-state index contributed by atoms with van der Waals surface area (Å²) >= 11 is 0. The Hall–Kier alpha value is -1.10. The van der Waals surface area contributed by atoms with Gasteiger partial charge in [-0.2, -0.15) is 0 Å². The number of nitrogens with two attached hydrogens (primary N) is 1. The van der Waals surface area contributed by atoms with Crippen molar-refractivity contribution in [3.8, 4) is 0 Å². The van der Waals surface area contributed by atoms with Gasteiger partial charge in [-0.15, -0.1) is 0 Å². The Kier molecular flexibility index (Phi) is 38.3. The van der Waals surface area contributed by atoms with Gasteiger partial charge in [-0.1, -0.05) is 182 Å². The van der Waals surface area contributed by atoms with Gasteiger partial charge >= 0.3 is 11.9 Å². The number of carbonyl (C=O) groups excluding carboxylic acids is 2. The number of hydrogen-bond donors (Lipinski definition) is 1. The van der Waals surface area contributed by atoms with Crippen LogP contribution in [0.2, 0.25) is 0 Å². The molecule has 3 atom stereocenters. The van der Waals surface area contributed by atoms with Crippen molar-refractivity contribution in [3.63, 3.8) is 0 Å². The minimum Gasteiger partial charge on any atom is -0.466 e. The van der Waals surface area contributed by atoms with E-state index in [4.69, 9.17) is 15.2 Å². The average molecular weight is 708 g/mol. The maximum Gasteiger partial charge on any atom is 0.306 e. The Morgan fingerprint density at radius 1 is 0.420 bits per heavy atom. The summed E-state index contributed by atoms with van der Waals surface area (Å²) in [5, 5.41) is 0. The molecule has 0 aliphatic rings. The second-order valence-corrected chi connectivity index (χ2v) is 15.8. The molecule has 5 heteroatoms. The van der Waals surface area contributed by atoms with Crippen LogP contribution < -0.4 is 5.73 Å². The van der Waals surface area contributed by atoms with E-state index in [9.17, 15) is 9.59 Å². The molecule has 298 valence electrons. The minimum absolute atomic E-state index is 0.00632. The first-order valence-corrected chi connectivity index (χ1v) is 22.6. The first-order valence-electron chi connectivity index (χ1n) is 22.6. The smallest absolute Gasteiger partial charge is 0.306 e. The second-order valence-electron chi connectivity index (χ2n) is 15.8. The van der Waals surface area contributed by atoms with Gasteiger partial charge in [0, 0.05) is 18.9 Å². The van der Waals surface area contributed by atoms with Crippen LogP contribution in [0.3, 0.4) is 0 Å². The van der Waals surface area contributed by atoms with Crippen molar-refractivity contribution in [2.24, 2.45) is 11.7 Å². The third-order valence-electron chi connectivity index (χ3n) is 10.7. The molecule has 0 heterocycles. The number of unbranched alkanes of at least 4 members (excludes halogenated alkanes) is 20. The molecule has 0 aliphatic heterocycles. The van der Waals surface area contributed by atoms with Crippen LogP contribution in [-0.2, 0) is 19.1 Å². The molecule has 0 spiro atoms. The van der Waals surface area contributed by atoms with Crippen molar-refractivity contribution in [3.05, 3.63) is 0 Å². The molecule has 0 aromatic carbocycles. The van der Waals surface area contributed by atoms with Gasteiger partial charge in [0.25, 0.3) is 0 Å². The predicted octanol–water partition coefficient (Wildman–Crippen LogP) is 14.1. The van der Waals surface area contributed by atoms with Crippen molar-refractivity contribution in [2.45, 2.75) is 265 Å². The van der Waals surface area contributed by atoms with E-state index in [1.807, 2.05) is 0 Å². The average Bonchev–Trinajstić information content (AvgIpc) is 3.10. The Morgan fingerprint density at radius 2 is 0.820 bits per heavy atom. The number of carbonyl (C=O) groups is 2. The highest BCUT2D eigenvalue weighted by Gasteiger charge is 2.15. The van der Waals surface area contributed by atoms with Gasteiger partial charge in [0.05, 0.1) is 6.61 Å². The van der Waals surface area contributed by atoms with Crippen LogP contribution in [0.15, 0.2) is 0 Å². The van der Waals surface area contributed by atoms with Crippen molar-refractivity contribution >= 4 is 11.9 Å². The molecule has 3 unspecified atom stereocenters. The monoisotopic (exact) mass is 708 g/mol. The van der Waals surface area contributed by atoms with E-state index in [0.717, 1.165) is 64.2 Å². The summed E-state index contributed by atoms with van der Waals surface area (Å²) in [6.07, 6.45) is 41.0. The third-order valence-corrected chi connectivity index (χ3v) is 10.7. The Labute approximate surface area is 313 Å². The predicted molar refractivity (Wildman–Crippen MR) is 217 cm³/mol. The summed E-state index contributed by atoms with van der Waals surface area (Å²) in [5.74, 6) is 0.737. The van der Waals surface area contributed by atoms with E-state index < -0.39 is 0 Å². The lowest BCUT2D eigenvalue weighted by molar-refractivity contribution is -0.150. The van der Waals surface area contributed by atoms with Gasteiger partial charge in [0.15, 0.2) is 0 Å². The number of hydrogen-bond acceptors (Lipinski definition) is 5. The molecule has 0 aliphatic carbocycles. The first kappa shape index (κ1) is 48.9. The zero-order valence-corrected chi connectivity index (χ0v) is 34.4. The molecule has 2 N–H and O–H groups in total. The standard InChI is InChI=1S/C45H89NO4/c1-5-9-12-15-21-27-35-43(50-45(48)38-30-18-13-10-6-2)36-28-22-16-19-25-33-42(46)34-26-20-17-23-29-37-44(47)49-40-39-41(31-8-4)32-24-14-11-7-3/h41-43H,5-40,46H2,1-4H3. The topological polar surface area (TPSA) is 78.6 Å². The van der Waals surface area contributed by atoms with Crippen LogP contribution in [0.5, 0.6) is 0 Å². The van der Waals surface area contributed by atoms with E-state index in [2.05, 4.69) is 27.7 Å². The van der Waals surface area contributed by atoms with Crippen molar-refractivity contribution in [1.29, 1.82) is 0 Å². The van der Waals surface area contributed by atoms with Crippen LogP contribution >= 0.6 is 0 Å². The SMILES string of the molecule is CCCCCCCCC(CCCCCCCC(N)CCCCCCCC(=O)OCCC(CCC)CCCCCC)OC(=O)CCCCCCC. The molecule has 0 aromatic rings. The van der Waals surface area contributed by atoms with Gasteiger partial charge in [-0.05, 0) is 63.7 Å². The van der Waals surface area contributed by atoms with Crippen molar-refractivity contribution in [1.82, 2.24) is 0 Å². The summed E-state index contributed by atoms with van der Waals surface area (Å²) in [4.78, 5) is 24.7. The molecule has 0 saturated carbocycles. The fourth-order valence-corrected chi connectivity index (χ4v) is 7.30. The van der Waals surface area contributed by atoms with E-state index in [1.165, 1.54) is 148 Å². The lowest BCUT2D eigenvalue weighted by Gasteiger charge is -2.18. The molecule has 0 fully saturated rings. The Bertz CT molecular complexity index is 713. The zero-order valence-electron chi connectivity index (χ0n) is 34.4. The molecule has 0 radical (unpaired) electrons. The van der Waals surface area contributed by atoms with E-state index in [0.29, 0.717) is 31.4 Å². The third kappa shape index (κ3) is 35.3. The van der Waals surface area contributed by atoms with Gasteiger partial charge in [0.2, 0.25) is 0 Å². The Balaban J connectivity index is 3.90. The molecule has 0 rings (SSSR count). The maximum absolute atomic E-state index is 12.5. The summed E-state index contributed by atoms with van der Waals surface area (Å²) in [5.41, 5.74) is 6.44. The molecule has 5 nitrogen and oxygen atoms in total. The highest BCUT2D eigenvalue weighted by Crippen LogP contribution is 2.21. The highest BCUT2D eigenvalue weighted by atomic mass is 16.5. The lowest BCUT2D eigenvalue weighted by atomic mass is 9.93. The van der Waals surface area contributed by atoms with E-state index in [-0.39, 0.29) is 18.0 Å². The summed E-state index contributed by atoms with van der Waals surface area (Å²) in [7, 11) is 0. The molecule has 0 bridgehead atoms. The molecular formula is C45H89NO4. The lowest BCUT2D eigenvalue weighted by Crippen LogP contribution is -2.19. The van der Waals surface area contributed by atoms with Crippen LogP contribution in [0.25, 0.3) is 0 Å². The van der Waals surface area contributed by atoms with Gasteiger partial charge in [-0.25, -0.2) is 0 Å². The quantitative estimate of drug-likeness (QED) is 0.0506. The summed E-state index contributed by atoms with van der Waals surface area (Å²) in [6, 6.07) is 0.316. The van der Waals surface area contributed by atoms with Crippen molar-refractivity contribution < 1.29 is 19.1 Å².